The van der Waals surface area contributed by atoms with E-state index in [-0.39, 0.29) is 41.3 Å². The zero-order valence-corrected chi connectivity index (χ0v) is 23.7. The van der Waals surface area contributed by atoms with Crippen LogP contribution in [0.1, 0.15) is 68.9 Å². The number of amides is 3. The van der Waals surface area contributed by atoms with Crippen LogP contribution in [-0.2, 0) is 13.0 Å². The topological polar surface area (TPSA) is 145 Å². The molecule has 2 unspecified atom stereocenters. The number of benzene rings is 3. The van der Waals surface area contributed by atoms with Crippen LogP contribution in [0, 0.1) is 0 Å². The Bertz CT molecular complexity index is 1290. The summed E-state index contributed by atoms with van der Waals surface area (Å²) in [4.78, 5) is 40.6. The van der Waals surface area contributed by atoms with Crippen LogP contribution in [-0.4, -0.2) is 64.6 Å². The molecule has 0 bridgehead atoms. The van der Waals surface area contributed by atoms with Gasteiger partial charge in [0.15, 0.2) is 0 Å². The number of aromatic hydroxyl groups is 1. The summed E-state index contributed by atoms with van der Waals surface area (Å²) in [6, 6.07) is 19.8. The highest BCUT2D eigenvalue weighted by atomic mass is 16.3. The fourth-order valence-electron chi connectivity index (χ4n) is 4.59. The molecule has 0 heterocycles. The Kier molecular flexibility index (Phi) is 11.9. The van der Waals surface area contributed by atoms with E-state index in [9.17, 15) is 24.6 Å². The number of hydrogen-bond acceptors (Lipinski definition) is 6. The molecule has 0 aromatic heterocycles. The Morgan fingerprint density at radius 2 is 1.46 bits per heavy atom. The number of nitrogens with two attached hydrogens (primary N) is 1. The minimum Gasteiger partial charge on any atom is -0.508 e. The molecule has 0 aliphatic heterocycles. The molecule has 3 rings (SSSR count). The highest BCUT2D eigenvalue weighted by molar-refractivity contribution is 6.04. The van der Waals surface area contributed by atoms with Gasteiger partial charge in [-0.3, -0.25) is 14.4 Å². The van der Waals surface area contributed by atoms with Crippen LogP contribution in [0.4, 0.5) is 0 Å². The van der Waals surface area contributed by atoms with Crippen LogP contribution < -0.4 is 16.4 Å². The van der Waals surface area contributed by atoms with Crippen LogP contribution in [0.3, 0.4) is 0 Å². The third kappa shape index (κ3) is 9.44. The van der Waals surface area contributed by atoms with Gasteiger partial charge in [0.25, 0.3) is 11.8 Å². The van der Waals surface area contributed by atoms with Gasteiger partial charge < -0.3 is 31.5 Å². The van der Waals surface area contributed by atoms with Gasteiger partial charge >= 0.3 is 0 Å². The Labute approximate surface area is 241 Å². The van der Waals surface area contributed by atoms with E-state index in [0.29, 0.717) is 19.6 Å². The first kappa shape index (κ1) is 31.3. The van der Waals surface area contributed by atoms with Crippen molar-refractivity contribution in [2.24, 2.45) is 5.73 Å². The molecule has 2 atom stereocenters. The summed E-state index contributed by atoms with van der Waals surface area (Å²) in [5.41, 5.74) is 7.75. The number of nitrogens with one attached hydrogen (secondary N) is 2. The lowest BCUT2D eigenvalue weighted by atomic mass is 9.99. The van der Waals surface area contributed by atoms with Crippen molar-refractivity contribution >= 4 is 17.7 Å². The maximum atomic E-state index is 13.5. The van der Waals surface area contributed by atoms with E-state index in [4.69, 9.17) is 5.73 Å². The fourth-order valence-corrected chi connectivity index (χ4v) is 4.59. The zero-order chi connectivity index (χ0) is 29.8. The van der Waals surface area contributed by atoms with Crippen molar-refractivity contribution in [2.75, 3.05) is 19.6 Å². The van der Waals surface area contributed by atoms with E-state index < -0.39 is 24.0 Å². The smallest absolute Gasteiger partial charge is 0.253 e. The minimum absolute atomic E-state index is 0.0501. The SMILES string of the molecule is CCCN(CCC)C(=O)c1cc(C(N)=O)cc(C(=O)NC(Cc2ccc(O)cc2)C(O)CNCc2ccccc2)c1. The second kappa shape index (κ2) is 15.5. The number of aliphatic hydroxyl groups is 1. The molecule has 9 nitrogen and oxygen atoms in total. The monoisotopic (exact) mass is 560 g/mol. The average molecular weight is 561 g/mol. The number of rotatable bonds is 15. The minimum atomic E-state index is -0.971. The molecule has 0 aliphatic carbocycles. The molecule has 0 radical (unpaired) electrons. The molecule has 0 aliphatic rings. The summed E-state index contributed by atoms with van der Waals surface area (Å²) >= 11 is 0. The summed E-state index contributed by atoms with van der Waals surface area (Å²) < 4.78 is 0. The van der Waals surface area contributed by atoms with Crippen molar-refractivity contribution in [3.63, 3.8) is 0 Å². The van der Waals surface area contributed by atoms with Crippen LogP contribution in [0.25, 0.3) is 0 Å². The Morgan fingerprint density at radius 3 is 2.07 bits per heavy atom. The van der Waals surface area contributed by atoms with Gasteiger partial charge in [-0.25, -0.2) is 0 Å². The van der Waals surface area contributed by atoms with E-state index in [1.165, 1.54) is 18.2 Å². The molecule has 0 saturated heterocycles. The van der Waals surface area contributed by atoms with Gasteiger partial charge in [-0.1, -0.05) is 56.3 Å². The maximum Gasteiger partial charge on any atom is 0.253 e. The zero-order valence-electron chi connectivity index (χ0n) is 23.7. The fraction of sp³-hybridized carbons (Fsp3) is 0.344. The molecule has 0 saturated carbocycles. The predicted octanol–water partition coefficient (Wildman–Crippen LogP) is 3.25. The van der Waals surface area contributed by atoms with Crippen molar-refractivity contribution in [3.8, 4) is 5.75 Å². The molecule has 218 valence electrons. The highest BCUT2D eigenvalue weighted by Gasteiger charge is 2.24. The van der Waals surface area contributed by atoms with Crippen LogP contribution >= 0.6 is 0 Å². The van der Waals surface area contributed by atoms with Crippen molar-refractivity contribution in [2.45, 2.75) is 51.8 Å². The van der Waals surface area contributed by atoms with E-state index >= 15 is 0 Å². The van der Waals surface area contributed by atoms with Gasteiger partial charge in [-0.2, -0.15) is 0 Å². The van der Waals surface area contributed by atoms with Gasteiger partial charge in [0.05, 0.1) is 12.1 Å². The number of phenols is 1. The average Bonchev–Trinajstić information content (AvgIpc) is 2.97. The summed E-state index contributed by atoms with van der Waals surface area (Å²) in [7, 11) is 0. The predicted molar refractivity (Wildman–Crippen MR) is 159 cm³/mol. The van der Waals surface area contributed by atoms with Gasteiger partial charge in [-0.05, 0) is 60.7 Å². The first-order valence-electron chi connectivity index (χ1n) is 14.0. The maximum absolute atomic E-state index is 13.5. The number of aliphatic hydroxyl groups excluding tert-OH is 1. The number of carbonyl (C=O) groups is 3. The van der Waals surface area contributed by atoms with E-state index in [1.807, 2.05) is 44.2 Å². The Hall–Kier alpha value is -4.21. The lowest BCUT2D eigenvalue weighted by molar-refractivity contribution is 0.0755. The van der Waals surface area contributed by atoms with Crippen molar-refractivity contribution in [3.05, 3.63) is 101 Å². The normalized spacial score (nSPS) is 12.4. The lowest BCUT2D eigenvalue weighted by Crippen LogP contribution is -2.48. The van der Waals surface area contributed by atoms with Gasteiger partial charge in [0, 0.05) is 42.9 Å². The van der Waals surface area contributed by atoms with Crippen LogP contribution in [0.5, 0.6) is 5.75 Å². The molecule has 9 heteroatoms. The molecular weight excluding hydrogens is 520 g/mol. The molecule has 41 heavy (non-hydrogen) atoms. The molecule has 3 aromatic carbocycles. The number of nitrogens with zero attached hydrogens (tertiary/aromatic N) is 1. The Balaban J connectivity index is 1.84. The van der Waals surface area contributed by atoms with Crippen molar-refractivity contribution < 1.29 is 24.6 Å². The number of carbonyl (C=O) groups excluding carboxylic acids is 3. The van der Waals surface area contributed by atoms with Crippen molar-refractivity contribution in [1.29, 1.82) is 0 Å². The Morgan fingerprint density at radius 1 is 0.854 bits per heavy atom. The highest BCUT2D eigenvalue weighted by Crippen LogP contribution is 2.16. The van der Waals surface area contributed by atoms with Crippen LogP contribution in [0.15, 0.2) is 72.8 Å². The third-order valence-electron chi connectivity index (χ3n) is 6.70. The first-order valence-corrected chi connectivity index (χ1v) is 14.0. The van der Waals surface area contributed by atoms with Gasteiger partial charge in [0.2, 0.25) is 5.91 Å². The summed E-state index contributed by atoms with van der Waals surface area (Å²) in [6.45, 7) is 5.78. The van der Waals surface area contributed by atoms with Crippen LogP contribution in [0.2, 0.25) is 0 Å². The number of hydrogen-bond donors (Lipinski definition) is 5. The molecule has 6 N–H and O–H groups in total. The molecule has 0 spiro atoms. The number of primary amides is 1. The third-order valence-corrected chi connectivity index (χ3v) is 6.70. The largest absolute Gasteiger partial charge is 0.508 e. The quantitative estimate of drug-likeness (QED) is 0.193. The summed E-state index contributed by atoms with van der Waals surface area (Å²) in [6.07, 6.45) is 0.844. The van der Waals surface area contributed by atoms with Gasteiger partial charge in [0.1, 0.15) is 5.75 Å². The second-order valence-electron chi connectivity index (χ2n) is 10.1. The molecular formula is C32H40N4O5. The standard InChI is InChI=1S/C32H40N4O5/c1-3-14-36(15-4-2)32(41)26-18-24(30(33)39)17-25(19-26)31(40)35-28(16-22-10-12-27(37)13-11-22)29(38)21-34-20-23-8-6-5-7-9-23/h5-13,17-19,28-29,34,37-38H,3-4,14-16,20-21H2,1-2H3,(H2,33,39)(H,35,40). The van der Waals surface area contributed by atoms with Crippen molar-refractivity contribution in [1.82, 2.24) is 15.5 Å². The van der Waals surface area contributed by atoms with E-state index in [0.717, 1.165) is 24.0 Å². The molecule has 3 amide bonds. The summed E-state index contributed by atoms with van der Waals surface area (Å²) in [5, 5.41) is 26.9. The summed E-state index contributed by atoms with van der Waals surface area (Å²) in [5.74, 6) is -1.47. The van der Waals surface area contributed by atoms with Gasteiger partial charge in [-0.15, -0.1) is 0 Å². The number of phenolic OH excluding ortho intramolecular Hbond substituents is 1. The second-order valence-corrected chi connectivity index (χ2v) is 10.1. The first-order chi connectivity index (χ1) is 19.7. The molecule has 3 aromatic rings. The van der Waals surface area contributed by atoms with E-state index in [1.54, 1.807) is 29.2 Å². The van der Waals surface area contributed by atoms with E-state index in [2.05, 4.69) is 10.6 Å². The molecule has 0 fully saturated rings. The lowest BCUT2D eigenvalue weighted by Gasteiger charge is -2.25.